The molecule has 174 valence electrons. The average Bonchev–Trinajstić information content (AvgIpc) is 2.82. The molecule has 0 fully saturated rings. The molecular weight excluding hydrogens is 484 g/mol. The van der Waals surface area contributed by atoms with Crippen LogP contribution in [0.4, 0.5) is 0 Å². The fourth-order valence-electron chi connectivity index (χ4n) is 3.03. The van der Waals surface area contributed by atoms with Gasteiger partial charge < -0.3 is 5.11 Å². The second-order valence-corrected chi connectivity index (χ2v) is 9.25. The number of halogens is 1. The lowest BCUT2D eigenvalue weighted by molar-refractivity contribution is -0.182. The van der Waals surface area contributed by atoms with E-state index in [1.54, 1.807) is 24.3 Å². The highest BCUT2D eigenvalue weighted by molar-refractivity contribution is 7.90. The second-order valence-electron chi connectivity index (χ2n) is 6.91. The first-order chi connectivity index (χ1) is 16.1. The SMILES string of the molecule is CS(=O)(=O)c1ncc(-c2cccc3ccccc23)c(C(=O)O)n1.O=C(OO)c1cccc(Cl)c1. The number of carbonyl (C=O) groups is 2. The molecule has 0 unspecified atom stereocenters. The maximum Gasteiger partial charge on any atom is 0.372 e. The van der Waals surface area contributed by atoms with E-state index in [0.717, 1.165) is 17.0 Å². The van der Waals surface area contributed by atoms with E-state index in [0.29, 0.717) is 10.6 Å². The molecule has 34 heavy (non-hydrogen) atoms. The summed E-state index contributed by atoms with van der Waals surface area (Å²) >= 11 is 5.56. The maximum atomic E-state index is 11.5. The molecule has 11 heteroatoms. The molecule has 4 aromatic rings. The van der Waals surface area contributed by atoms with Crippen LogP contribution in [0.5, 0.6) is 0 Å². The largest absolute Gasteiger partial charge is 0.476 e. The normalized spacial score (nSPS) is 10.8. The molecule has 9 nitrogen and oxygen atoms in total. The van der Waals surface area contributed by atoms with Gasteiger partial charge in [-0.05, 0) is 34.5 Å². The summed E-state index contributed by atoms with van der Waals surface area (Å²) in [5, 5.41) is 19.1. The smallest absolute Gasteiger partial charge is 0.372 e. The quantitative estimate of drug-likeness (QED) is 0.237. The van der Waals surface area contributed by atoms with E-state index in [1.807, 2.05) is 30.3 Å². The third-order valence-electron chi connectivity index (χ3n) is 4.52. The average molecular weight is 501 g/mol. The molecule has 0 aliphatic rings. The number of hydrogen-bond acceptors (Lipinski definition) is 8. The molecule has 0 bridgehead atoms. The van der Waals surface area contributed by atoms with Gasteiger partial charge in [-0.25, -0.2) is 28.0 Å². The molecule has 1 heterocycles. The van der Waals surface area contributed by atoms with Crippen LogP contribution in [0, 0.1) is 0 Å². The molecule has 0 aliphatic heterocycles. The Hall–Kier alpha value is -3.86. The van der Waals surface area contributed by atoms with Gasteiger partial charge in [-0.2, -0.15) is 5.26 Å². The third-order valence-corrected chi connectivity index (χ3v) is 5.62. The van der Waals surface area contributed by atoms with Crippen LogP contribution < -0.4 is 0 Å². The number of carboxylic acids is 1. The van der Waals surface area contributed by atoms with Crippen molar-refractivity contribution in [3.05, 3.63) is 89.2 Å². The number of aromatic nitrogens is 2. The van der Waals surface area contributed by atoms with Gasteiger partial charge in [-0.1, -0.05) is 60.1 Å². The topological polar surface area (TPSA) is 144 Å². The maximum absolute atomic E-state index is 11.5. The molecular formula is C23H17ClN2O7S. The number of sulfone groups is 1. The van der Waals surface area contributed by atoms with Gasteiger partial charge in [0.05, 0.1) is 5.56 Å². The Balaban J connectivity index is 0.000000248. The summed E-state index contributed by atoms with van der Waals surface area (Å²) in [7, 11) is -3.69. The van der Waals surface area contributed by atoms with Crippen molar-refractivity contribution in [2.45, 2.75) is 5.16 Å². The van der Waals surface area contributed by atoms with Gasteiger partial charge in [0, 0.05) is 23.0 Å². The van der Waals surface area contributed by atoms with Crippen LogP contribution in [0.1, 0.15) is 20.8 Å². The van der Waals surface area contributed by atoms with Gasteiger partial charge in [0.2, 0.25) is 15.0 Å². The highest BCUT2D eigenvalue weighted by atomic mass is 35.5. The molecule has 0 spiro atoms. The first kappa shape index (κ1) is 24.8. The molecule has 4 rings (SSSR count). The van der Waals surface area contributed by atoms with Crippen LogP contribution in [0.15, 0.2) is 78.1 Å². The molecule has 0 aliphatic carbocycles. The molecule has 0 radical (unpaired) electrons. The van der Waals surface area contributed by atoms with Crippen LogP contribution in [-0.4, -0.2) is 46.9 Å². The van der Waals surface area contributed by atoms with Crippen LogP contribution in [-0.2, 0) is 14.7 Å². The van der Waals surface area contributed by atoms with E-state index in [2.05, 4.69) is 14.9 Å². The van der Waals surface area contributed by atoms with Crippen molar-refractivity contribution in [3.8, 4) is 11.1 Å². The number of nitrogens with zero attached hydrogens (tertiary/aromatic N) is 2. The Morgan fingerprint density at radius 2 is 1.65 bits per heavy atom. The van der Waals surface area contributed by atoms with Gasteiger partial charge in [0.15, 0.2) is 5.69 Å². The lowest BCUT2D eigenvalue weighted by atomic mass is 9.98. The van der Waals surface area contributed by atoms with E-state index in [1.165, 1.54) is 18.3 Å². The second kappa shape index (κ2) is 10.4. The van der Waals surface area contributed by atoms with E-state index in [4.69, 9.17) is 16.9 Å². The molecule has 3 aromatic carbocycles. The molecule has 2 N–H and O–H groups in total. The van der Waals surface area contributed by atoms with Crippen molar-refractivity contribution in [2.24, 2.45) is 0 Å². The lowest BCUT2D eigenvalue weighted by Crippen LogP contribution is -2.11. The summed E-state index contributed by atoms with van der Waals surface area (Å²) in [6.45, 7) is 0. The van der Waals surface area contributed by atoms with Gasteiger partial charge in [-0.3, -0.25) is 4.89 Å². The van der Waals surface area contributed by atoms with Crippen molar-refractivity contribution in [1.29, 1.82) is 0 Å². The zero-order valence-electron chi connectivity index (χ0n) is 17.5. The predicted octanol–water partition coefficient (Wildman–Crippen LogP) is 4.37. The highest BCUT2D eigenvalue weighted by Gasteiger charge is 2.20. The van der Waals surface area contributed by atoms with Gasteiger partial charge in [0.1, 0.15) is 0 Å². The van der Waals surface area contributed by atoms with Gasteiger partial charge in [0.25, 0.3) is 0 Å². The first-order valence-corrected chi connectivity index (χ1v) is 11.8. The van der Waals surface area contributed by atoms with Crippen molar-refractivity contribution in [1.82, 2.24) is 9.97 Å². The molecule has 0 saturated heterocycles. The van der Waals surface area contributed by atoms with E-state index in [9.17, 15) is 23.1 Å². The number of aromatic carboxylic acids is 1. The molecule has 0 amide bonds. The number of benzene rings is 3. The van der Waals surface area contributed by atoms with Gasteiger partial charge in [-0.15, -0.1) is 0 Å². The Kier molecular flexibility index (Phi) is 7.57. The minimum absolute atomic E-state index is 0.222. The Bertz CT molecular complexity index is 1480. The fourth-order valence-corrected chi connectivity index (χ4v) is 3.72. The van der Waals surface area contributed by atoms with Crippen molar-refractivity contribution in [3.63, 3.8) is 0 Å². The minimum atomic E-state index is -3.69. The summed E-state index contributed by atoms with van der Waals surface area (Å²) in [5.74, 6) is -2.12. The molecule has 1 aromatic heterocycles. The monoisotopic (exact) mass is 500 g/mol. The number of carbonyl (C=O) groups excluding carboxylic acids is 1. The summed E-state index contributed by atoms with van der Waals surface area (Å²) in [6, 6.07) is 19.1. The lowest BCUT2D eigenvalue weighted by Gasteiger charge is -2.09. The predicted molar refractivity (Wildman–Crippen MR) is 125 cm³/mol. The highest BCUT2D eigenvalue weighted by Crippen LogP contribution is 2.30. The van der Waals surface area contributed by atoms with Crippen LogP contribution in [0.3, 0.4) is 0 Å². The standard InChI is InChI=1S/C16H12N2O4S.C7H5ClO3/c1-23(21,22)16-17-9-13(14(18-16)15(19)20)12-8-4-6-10-5-2-3-7-11(10)12;8-6-3-1-2-5(4-6)7(9)11-10/h2-9H,1H3,(H,19,20);1-4,10H. The summed E-state index contributed by atoms with van der Waals surface area (Å²) in [6.07, 6.45) is 2.18. The van der Waals surface area contributed by atoms with Gasteiger partial charge >= 0.3 is 11.9 Å². The molecule has 0 saturated carbocycles. The van der Waals surface area contributed by atoms with E-state index < -0.39 is 26.9 Å². The van der Waals surface area contributed by atoms with Crippen LogP contribution >= 0.6 is 11.6 Å². The summed E-state index contributed by atoms with van der Waals surface area (Å²) in [5.41, 5.74) is 0.805. The first-order valence-electron chi connectivity index (χ1n) is 9.51. The Morgan fingerprint density at radius 1 is 0.971 bits per heavy atom. The Morgan fingerprint density at radius 3 is 2.29 bits per heavy atom. The van der Waals surface area contributed by atoms with Crippen LogP contribution in [0.25, 0.3) is 21.9 Å². The number of hydrogen-bond donors (Lipinski definition) is 2. The third kappa shape index (κ3) is 5.73. The minimum Gasteiger partial charge on any atom is -0.476 e. The Labute approximate surface area is 199 Å². The summed E-state index contributed by atoms with van der Waals surface area (Å²) < 4.78 is 23.1. The number of fused-ring (bicyclic) bond motifs is 1. The van der Waals surface area contributed by atoms with E-state index >= 15 is 0 Å². The zero-order chi connectivity index (χ0) is 24.9. The zero-order valence-corrected chi connectivity index (χ0v) is 19.1. The number of rotatable bonds is 4. The van der Waals surface area contributed by atoms with Crippen molar-refractivity contribution < 1.29 is 33.3 Å². The number of carboxylic acid groups (broad SMARTS) is 1. The summed E-state index contributed by atoms with van der Waals surface area (Å²) in [4.78, 5) is 33.2. The fraction of sp³-hybridized carbons (Fsp3) is 0.0435. The van der Waals surface area contributed by atoms with Crippen molar-refractivity contribution in [2.75, 3.05) is 6.26 Å². The van der Waals surface area contributed by atoms with E-state index in [-0.39, 0.29) is 16.8 Å². The van der Waals surface area contributed by atoms with Crippen molar-refractivity contribution >= 4 is 44.1 Å². The molecule has 0 atom stereocenters. The van der Waals surface area contributed by atoms with Crippen LogP contribution in [0.2, 0.25) is 5.02 Å².